The van der Waals surface area contributed by atoms with Gasteiger partial charge in [0.1, 0.15) is 12.2 Å². The Morgan fingerprint density at radius 1 is 1.67 bits per heavy atom. The molecule has 0 bridgehead atoms. The van der Waals surface area contributed by atoms with E-state index < -0.39 is 0 Å². The Kier molecular flexibility index (Phi) is 0.989. The molecule has 0 saturated heterocycles. The molecule has 4 nitrogen and oxygen atoms in total. The molecule has 0 saturated carbocycles. The summed E-state index contributed by atoms with van der Waals surface area (Å²) in [7, 11) is 0. The molecule has 0 aliphatic carbocycles. The lowest BCUT2D eigenvalue weighted by Gasteiger charge is -2.12. The van der Waals surface area contributed by atoms with Gasteiger partial charge in [-0.2, -0.15) is 0 Å². The van der Waals surface area contributed by atoms with Crippen molar-refractivity contribution >= 4 is 0 Å². The molecular weight excluding hydrogens is 116 g/mol. The molecule has 9 heavy (non-hydrogen) atoms. The minimum absolute atomic E-state index is 0.863. The second kappa shape index (κ2) is 1.80. The SMILES string of the molecule is c1nnc2n1CNCC2. The molecule has 2 heterocycles. The van der Waals surface area contributed by atoms with Crippen LogP contribution >= 0.6 is 0 Å². The van der Waals surface area contributed by atoms with Crippen LogP contribution < -0.4 is 5.32 Å². The van der Waals surface area contributed by atoms with E-state index in [-0.39, 0.29) is 0 Å². The summed E-state index contributed by atoms with van der Waals surface area (Å²) in [6.45, 7) is 1.89. The highest BCUT2D eigenvalue weighted by molar-refractivity contribution is 4.88. The first kappa shape index (κ1) is 4.93. The lowest BCUT2D eigenvalue weighted by molar-refractivity contribution is 0.487. The summed E-state index contributed by atoms with van der Waals surface area (Å²) in [6.07, 6.45) is 2.75. The van der Waals surface area contributed by atoms with Gasteiger partial charge in [-0.1, -0.05) is 0 Å². The van der Waals surface area contributed by atoms with E-state index in [9.17, 15) is 0 Å². The largest absolute Gasteiger partial charge is 0.304 e. The molecule has 1 aliphatic rings. The minimum Gasteiger partial charge on any atom is -0.304 e. The van der Waals surface area contributed by atoms with Crippen LogP contribution in [-0.2, 0) is 13.1 Å². The van der Waals surface area contributed by atoms with Crippen molar-refractivity contribution in [3.05, 3.63) is 12.2 Å². The van der Waals surface area contributed by atoms with Crippen LogP contribution in [0.2, 0.25) is 0 Å². The number of nitrogens with one attached hydrogen (secondary N) is 1. The summed E-state index contributed by atoms with van der Waals surface area (Å²) >= 11 is 0. The van der Waals surface area contributed by atoms with Crippen LogP contribution in [0.3, 0.4) is 0 Å². The van der Waals surface area contributed by atoms with Crippen molar-refractivity contribution < 1.29 is 0 Å². The van der Waals surface area contributed by atoms with E-state index in [1.807, 2.05) is 4.57 Å². The quantitative estimate of drug-likeness (QED) is 0.501. The van der Waals surface area contributed by atoms with Gasteiger partial charge in [-0.05, 0) is 0 Å². The van der Waals surface area contributed by atoms with Crippen LogP contribution in [0.25, 0.3) is 0 Å². The van der Waals surface area contributed by atoms with E-state index in [0.29, 0.717) is 0 Å². The van der Waals surface area contributed by atoms with Gasteiger partial charge in [-0.15, -0.1) is 10.2 Å². The number of hydrogen-bond acceptors (Lipinski definition) is 3. The molecule has 2 rings (SSSR count). The summed E-state index contributed by atoms with van der Waals surface area (Å²) in [4.78, 5) is 0. The lowest BCUT2D eigenvalue weighted by atomic mass is 10.3. The second-order valence-corrected chi connectivity index (χ2v) is 2.13. The standard InChI is InChI=1S/C5H8N4/c1-2-6-3-9-4-7-8-5(1)9/h4,6H,1-3H2. The predicted octanol–water partition coefficient (Wildman–Crippen LogP) is -0.619. The van der Waals surface area contributed by atoms with Gasteiger partial charge >= 0.3 is 0 Å². The zero-order valence-corrected chi connectivity index (χ0v) is 5.04. The third-order valence-electron chi connectivity index (χ3n) is 1.50. The molecule has 0 unspecified atom stereocenters. The average molecular weight is 124 g/mol. The molecule has 0 amide bonds. The van der Waals surface area contributed by atoms with Crippen molar-refractivity contribution in [2.24, 2.45) is 0 Å². The summed E-state index contributed by atoms with van der Waals surface area (Å²) in [5, 5.41) is 10.9. The van der Waals surface area contributed by atoms with Crippen molar-refractivity contribution in [1.29, 1.82) is 0 Å². The third-order valence-corrected chi connectivity index (χ3v) is 1.50. The van der Waals surface area contributed by atoms with E-state index in [1.165, 1.54) is 0 Å². The maximum atomic E-state index is 3.93. The number of rotatable bonds is 0. The zero-order valence-electron chi connectivity index (χ0n) is 5.04. The Bertz CT molecular complexity index is 184. The number of aromatic nitrogens is 3. The maximum absolute atomic E-state index is 3.93. The Labute approximate surface area is 52.9 Å². The van der Waals surface area contributed by atoms with Gasteiger partial charge in [0.2, 0.25) is 0 Å². The summed E-state index contributed by atoms with van der Waals surface area (Å²) in [5.41, 5.74) is 0. The second-order valence-electron chi connectivity index (χ2n) is 2.13. The molecule has 4 heteroatoms. The van der Waals surface area contributed by atoms with E-state index in [0.717, 1.165) is 25.5 Å². The van der Waals surface area contributed by atoms with E-state index >= 15 is 0 Å². The van der Waals surface area contributed by atoms with Crippen molar-refractivity contribution in [1.82, 2.24) is 20.1 Å². The smallest absolute Gasteiger partial charge is 0.135 e. The Morgan fingerprint density at radius 3 is 3.56 bits per heavy atom. The van der Waals surface area contributed by atoms with E-state index in [2.05, 4.69) is 15.5 Å². The molecule has 0 fully saturated rings. The fraction of sp³-hybridized carbons (Fsp3) is 0.600. The molecule has 48 valence electrons. The molecule has 0 aromatic carbocycles. The Hall–Kier alpha value is -0.900. The van der Waals surface area contributed by atoms with Gasteiger partial charge in [0.15, 0.2) is 0 Å². The van der Waals surface area contributed by atoms with Gasteiger partial charge < -0.3 is 4.57 Å². The highest BCUT2D eigenvalue weighted by Crippen LogP contribution is 1.97. The topological polar surface area (TPSA) is 42.7 Å². The summed E-state index contributed by atoms with van der Waals surface area (Å²) in [6, 6.07) is 0. The first-order valence-electron chi connectivity index (χ1n) is 3.04. The molecule has 0 atom stereocenters. The van der Waals surface area contributed by atoms with Crippen molar-refractivity contribution in [3.63, 3.8) is 0 Å². The van der Waals surface area contributed by atoms with Gasteiger partial charge in [-0.25, -0.2) is 0 Å². The predicted molar refractivity (Wildman–Crippen MR) is 31.7 cm³/mol. The molecule has 1 aliphatic heterocycles. The Morgan fingerprint density at radius 2 is 2.67 bits per heavy atom. The minimum atomic E-state index is 0.863. The zero-order chi connectivity index (χ0) is 6.10. The molecular formula is C5H8N4. The first-order valence-corrected chi connectivity index (χ1v) is 3.04. The molecule has 1 aromatic heterocycles. The molecule has 1 aromatic rings. The van der Waals surface area contributed by atoms with Gasteiger partial charge in [0, 0.05) is 13.0 Å². The van der Waals surface area contributed by atoms with Crippen LogP contribution in [-0.4, -0.2) is 21.3 Å². The fourth-order valence-electron chi connectivity index (χ4n) is 1.00. The van der Waals surface area contributed by atoms with Crippen molar-refractivity contribution in [2.45, 2.75) is 13.1 Å². The van der Waals surface area contributed by atoms with Crippen LogP contribution in [0.4, 0.5) is 0 Å². The highest BCUT2D eigenvalue weighted by Gasteiger charge is 2.06. The molecule has 0 radical (unpaired) electrons. The van der Waals surface area contributed by atoms with Gasteiger partial charge in [0.25, 0.3) is 0 Å². The van der Waals surface area contributed by atoms with Crippen molar-refractivity contribution in [3.8, 4) is 0 Å². The number of hydrogen-bond donors (Lipinski definition) is 1. The van der Waals surface area contributed by atoms with E-state index in [1.54, 1.807) is 6.33 Å². The number of fused-ring (bicyclic) bond motifs is 1. The van der Waals surface area contributed by atoms with Gasteiger partial charge in [0.05, 0.1) is 6.67 Å². The maximum Gasteiger partial charge on any atom is 0.135 e. The van der Waals surface area contributed by atoms with Crippen LogP contribution in [0.5, 0.6) is 0 Å². The fourth-order valence-corrected chi connectivity index (χ4v) is 1.00. The average Bonchev–Trinajstić information content (AvgIpc) is 2.33. The van der Waals surface area contributed by atoms with Crippen molar-refractivity contribution in [2.75, 3.05) is 6.54 Å². The van der Waals surface area contributed by atoms with Crippen LogP contribution in [0, 0.1) is 0 Å². The summed E-state index contributed by atoms with van der Waals surface area (Å²) in [5.74, 6) is 1.09. The van der Waals surface area contributed by atoms with Crippen LogP contribution in [0.15, 0.2) is 6.33 Å². The Balaban J connectivity index is 2.39. The molecule has 0 spiro atoms. The molecule has 1 N–H and O–H groups in total. The monoisotopic (exact) mass is 124 g/mol. The first-order chi connectivity index (χ1) is 4.47. The van der Waals surface area contributed by atoms with E-state index in [4.69, 9.17) is 0 Å². The van der Waals surface area contributed by atoms with Crippen LogP contribution in [0.1, 0.15) is 5.82 Å². The highest BCUT2D eigenvalue weighted by atomic mass is 15.3. The number of nitrogens with zero attached hydrogens (tertiary/aromatic N) is 3. The normalized spacial score (nSPS) is 17.3. The van der Waals surface area contributed by atoms with Gasteiger partial charge in [-0.3, -0.25) is 5.32 Å². The lowest BCUT2D eigenvalue weighted by Crippen LogP contribution is -2.28. The summed E-state index contributed by atoms with van der Waals surface area (Å²) < 4.78 is 2.02. The third kappa shape index (κ3) is 0.712.